The highest BCUT2D eigenvalue weighted by atomic mass is 32.2. The van der Waals surface area contributed by atoms with Gasteiger partial charge in [0.25, 0.3) is 0 Å². The van der Waals surface area contributed by atoms with Gasteiger partial charge >= 0.3 is 11.9 Å². The Labute approximate surface area is 138 Å². The largest absolute Gasteiger partial charge is 0.480 e. The Hall–Kier alpha value is -2.31. The van der Waals surface area contributed by atoms with E-state index in [0.29, 0.717) is 16.2 Å². The zero-order valence-corrected chi connectivity index (χ0v) is 13.1. The van der Waals surface area contributed by atoms with Crippen molar-refractivity contribution in [2.24, 2.45) is 5.73 Å². The number of aromatic carboxylic acids is 1. The monoisotopic (exact) mass is 331 g/mol. The maximum Gasteiger partial charge on any atom is 0.335 e. The van der Waals surface area contributed by atoms with E-state index in [1.54, 1.807) is 0 Å². The van der Waals surface area contributed by atoms with E-state index in [1.807, 2.05) is 30.3 Å². The quantitative estimate of drug-likeness (QED) is 0.675. The Bertz CT molecular complexity index is 703. The third-order valence-electron chi connectivity index (χ3n) is 3.35. The molecule has 2 aromatic carbocycles. The summed E-state index contributed by atoms with van der Waals surface area (Å²) in [4.78, 5) is 22.8. The van der Waals surface area contributed by atoms with Crippen molar-refractivity contribution in [2.75, 3.05) is 5.75 Å². The lowest BCUT2D eigenvalue weighted by atomic mass is 10.1. The van der Waals surface area contributed by atoms with Crippen LogP contribution < -0.4 is 5.73 Å². The Morgan fingerprint density at radius 2 is 1.78 bits per heavy atom. The summed E-state index contributed by atoms with van der Waals surface area (Å²) < 4.78 is 0. The minimum Gasteiger partial charge on any atom is -0.480 e. The molecule has 0 saturated heterocycles. The fourth-order valence-corrected chi connectivity index (χ4v) is 3.24. The Balaban J connectivity index is 2.18. The van der Waals surface area contributed by atoms with E-state index in [4.69, 9.17) is 15.9 Å². The van der Waals surface area contributed by atoms with Crippen LogP contribution in [-0.2, 0) is 11.2 Å². The molecule has 6 heteroatoms. The molecule has 0 aliphatic carbocycles. The van der Waals surface area contributed by atoms with Gasteiger partial charge in [0.1, 0.15) is 6.04 Å². The van der Waals surface area contributed by atoms with Gasteiger partial charge in [-0.05, 0) is 29.7 Å². The third-order valence-corrected chi connectivity index (χ3v) is 4.43. The average molecular weight is 331 g/mol. The predicted molar refractivity (Wildman–Crippen MR) is 88.8 cm³/mol. The molecule has 0 heterocycles. The number of aliphatic carboxylic acids is 1. The number of carboxylic acid groups (broad SMARTS) is 2. The van der Waals surface area contributed by atoms with E-state index < -0.39 is 18.0 Å². The van der Waals surface area contributed by atoms with Crippen molar-refractivity contribution < 1.29 is 19.8 Å². The Kier molecular flexibility index (Phi) is 5.78. The summed E-state index contributed by atoms with van der Waals surface area (Å²) >= 11 is 1.41. The Morgan fingerprint density at radius 1 is 1.09 bits per heavy atom. The van der Waals surface area contributed by atoms with E-state index in [9.17, 15) is 9.59 Å². The lowest BCUT2D eigenvalue weighted by molar-refractivity contribution is -0.138. The molecule has 120 valence electrons. The second-order valence-electron chi connectivity index (χ2n) is 4.96. The molecule has 4 N–H and O–H groups in total. The van der Waals surface area contributed by atoms with Crippen molar-refractivity contribution in [1.82, 2.24) is 0 Å². The highest BCUT2D eigenvalue weighted by Gasteiger charge is 2.19. The summed E-state index contributed by atoms with van der Waals surface area (Å²) in [5, 5.41) is 18.2. The average Bonchev–Trinajstić information content (AvgIpc) is 2.55. The number of benzene rings is 2. The molecule has 5 nitrogen and oxygen atoms in total. The normalized spacial score (nSPS) is 11.9. The summed E-state index contributed by atoms with van der Waals surface area (Å²) in [5.41, 5.74) is 7.40. The summed E-state index contributed by atoms with van der Waals surface area (Å²) in [6.07, 6.45) is 0.796. The van der Waals surface area contributed by atoms with Crippen molar-refractivity contribution in [1.29, 1.82) is 0 Å². The highest BCUT2D eigenvalue weighted by molar-refractivity contribution is 7.99. The maximum atomic E-state index is 11.1. The van der Waals surface area contributed by atoms with Crippen LogP contribution >= 0.6 is 11.8 Å². The number of nitrogens with two attached hydrogens (primary N) is 1. The third kappa shape index (κ3) is 4.58. The van der Waals surface area contributed by atoms with Crippen LogP contribution in [-0.4, -0.2) is 27.9 Å². The first-order chi connectivity index (χ1) is 11.0. The molecule has 2 aromatic rings. The van der Waals surface area contributed by atoms with Crippen LogP contribution in [0.15, 0.2) is 53.4 Å². The number of rotatable bonds is 7. The minimum atomic E-state index is -1.17. The number of carboxylic acids is 2. The molecule has 23 heavy (non-hydrogen) atoms. The van der Waals surface area contributed by atoms with Crippen LogP contribution in [0.1, 0.15) is 27.5 Å². The van der Waals surface area contributed by atoms with Crippen LogP contribution in [0.2, 0.25) is 0 Å². The fraction of sp³-hybridized carbons (Fsp3) is 0.176. The number of carbonyl (C=O) groups is 2. The van der Waals surface area contributed by atoms with E-state index in [0.717, 1.165) is 6.42 Å². The lowest BCUT2D eigenvalue weighted by Crippen LogP contribution is -2.21. The maximum absolute atomic E-state index is 11.1. The molecule has 0 radical (unpaired) electrons. The van der Waals surface area contributed by atoms with Gasteiger partial charge in [0.15, 0.2) is 0 Å². The molecule has 0 spiro atoms. The van der Waals surface area contributed by atoms with Crippen molar-refractivity contribution in [3.8, 4) is 0 Å². The second-order valence-corrected chi connectivity index (χ2v) is 6.09. The zero-order valence-electron chi connectivity index (χ0n) is 12.3. The predicted octanol–water partition coefficient (Wildman–Crippen LogP) is 2.80. The molecule has 0 bridgehead atoms. The molecular weight excluding hydrogens is 314 g/mol. The van der Waals surface area contributed by atoms with Crippen molar-refractivity contribution in [3.05, 3.63) is 65.2 Å². The van der Waals surface area contributed by atoms with Crippen molar-refractivity contribution in [3.63, 3.8) is 0 Å². The van der Waals surface area contributed by atoms with Crippen LogP contribution in [0.5, 0.6) is 0 Å². The SMILES string of the molecule is NC(C(=O)O)c1ccc(C(=O)O)cc1SCCc1ccccc1. The second kappa shape index (κ2) is 7.80. The van der Waals surface area contributed by atoms with Gasteiger partial charge in [0.2, 0.25) is 0 Å². The molecular formula is C17H17NO4S. The molecule has 2 rings (SSSR count). The molecule has 0 aliphatic heterocycles. The first kappa shape index (κ1) is 17.1. The molecule has 0 aliphatic rings. The van der Waals surface area contributed by atoms with E-state index in [2.05, 4.69) is 0 Å². The summed E-state index contributed by atoms with van der Waals surface area (Å²) in [5.74, 6) is -1.49. The molecule has 0 amide bonds. The summed E-state index contributed by atoms with van der Waals surface area (Å²) in [7, 11) is 0. The van der Waals surface area contributed by atoms with Crippen LogP contribution in [0.4, 0.5) is 0 Å². The lowest BCUT2D eigenvalue weighted by Gasteiger charge is -2.13. The van der Waals surface area contributed by atoms with Gasteiger partial charge in [0, 0.05) is 10.6 Å². The van der Waals surface area contributed by atoms with Crippen molar-refractivity contribution in [2.45, 2.75) is 17.4 Å². The smallest absolute Gasteiger partial charge is 0.335 e. The number of thioether (sulfide) groups is 1. The molecule has 0 saturated carbocycles. The first-order valence-corrected chi connectivity index (χ1v) is 8.00. The number of hydrogen-bond acceptors (Lipinski definition) is 4. The van der Waals surface area contributed by atoms with Gasteiger partial charge in [-0.25, -0.2) is 4.79 Å². The van der Waals surface area contributed by atoms with Crippen LogP contribution in [0.3, 0.4) is 0 Å². The standard InChI is InChI=1S/C17H17NO4S/c18-15(17(21)22)13-7-6-12(16(19)20)10-14(13)23-9-8-11-4-2-1-3-5-11/h1-7,10,15H,8-9,18H2,(H,19,20)(H,21,22). The molecule has 0 fully saturated rings. The van der Waals surface area contributed by atoms with Gasteiger partial charge < -0.3 is 15.9 Å². The molecule has 0 aromatic heterocycles. The van der Waals surface area contributed by atoms with Gasteiger partial charge in [-0.1, -0.05) is 36.4 Å². The fourth-order valence-electron chi connectivity index (χ4n) is 2.11. The highest BCUT2D eigenvalue weighted by Crippen LogP contribution is 2.29. The Morgan fingerprint density at radius 3 is 2.39 bits per heavy atom. The number of aryl methyl sites for hydroxylation is 1. The number of hydrogen-bond donors (Lipinski definition) is 3. The minimum absolute atomic E-state index is 0.119. The van der Waals surface area contributed by atoms with E-state index in [-0.39, 0.29) is 5.56 Å². The van der Waals surface area contributed by atoms with Gasteiger partial charge in [0.05, 0.1) is 5.56 Å². The van der Waals surface area contributed by atoms with Gasteiger partial charge in [-0.15, -0.1) is 11.8 Å². The topological polar surface area (TPSA) is 101 Å². The van der Waals surface area contributed by atoms with Gasteiger partial charge in [-0.2, -0.15) is 0 Å². The van der Waals surface area contributed by atoms with Crippen LogP contribution in [0, 0.1) is 0 Å². The van der Waals surface area contributed by atoms with E-state index >= 15 is 0 Å². The molecule has 1 atom stereocenters. The zero-order chi connectivity index (χ0) is 16.8. The van der Waals surface area contributed by atoms with Crippen molar-refractivity contribution >= 4 is 23.7 Å². The summed E-state index contributed by atoms with van der Waals surface area (Å²) in [6, 6.07) is 13.0. The van der Waals surface area contributed by atoms with Crippen LogP contribution in [0.25, 0.3) is 0 Å². The first-order valence-electron chi connectivity index (χ1n) is 7.01. The van der Waals surface area contributed by atoms with Gasteiger partial charge in [-0.3, -0.25) is 4.79 Å². The summed E-state index contributed by atoms with van der Waals surface area (Å²) in [6.45, 7) is 0. The molecule has 1 unspecified atom stereocenters. The van der Waals surface area contributed by atoms with E-state index in [1.165, 1.54) is 35.5 Å².